The predicted octanol–water partition coefficient (Wildman–Crippen LogP) is 7.84. The number of hydrogen-bond acceptors (Lipinski definition) is 6. The Morgan fingerprint density at radius 1 is 0.595 bits per heavy atom. The van der Waals surface area contributed by atoms with Crippen LogP contribution in [0, 0.1) is 0 Å². The SMILES string of the molecule is CCCCCCCC1OC1CCCCC(=O)OCC(C)OC(=O)CCCCC1OC1CCCCCCC. The lowest BCUT2D eigenvalue weighted by atomic mass is 10.1. The smallest absolute Gasteiger partial charge is 0.306 e. The number of carbonyl (C=O) groups excluding carboxylic acids is 2. The molecule has 0 aromatic carbocycles. The third kappa shape index (κ3) is 16.4. The first kappa shape index (κ1) is 32.1. The molecule has 5 unspecified atom stereocenters. The first-order valence-corrected chi connectivity index (χ1v) is 15.7. The third-order valence-electron chi connectivity index (χ3n) is 7.61. The van der Waals surface area contributed by atoms with Crippen molar-refractivity contribution in [2.75, 3.05) is 6.61 Å². The van der Waals surface area contributed by atoms with Crippen molar-refractivity contribution in [1.82, 2.24) is 0 Å². The second kappa shape index (κ2) is 19.9. The highest BCUT2D eigenvalue weighted by atomic mass is 16.6. The van der Waals surface area contributed by atoms with Gasteiger partial charge in [-0.05, 0) is 45.4 Å². The van der Waals surface area contributed by atoms with E-state index in [1.165, 1.54) is 77.0 Å². The lowest BCUT2D eigenvalue weighted by Crippen LogP contribution is -2.22. The van der Waals surface area contributed by atoms with E-state index in [0.717, 1.165) is 38.5 Å². The topological polar surface area (TPSA) is 77.7 Å². The Morgan fingerprint density at radius 2 is 1.00 bits per heavy atom. The van der Waals surface area contributed by atoms with Crippen molar-refractivity contribution in [3.63, 3.8) is 0 Å². The van der Waals surface area contributed by atoms with Crippen molar-refractivity contribution >= 4 is 11.9 Å². The molecule has 6 nitrogen and oxygen atoms in total. The molecule has 2 fully saturated rings. The van der Waals surface area contributed by atoms with E-state index in [-0.39, 0.29) is 18.5 Å². The Labute approximate surface area is 226 Å². The van der Waals surface area contributed by atoms with Gasteiger partial charge in [0.1, 0.15) is 12.7 Å². The first-order chi connectivity index (χ1) is 18.0. The zero-order chi connectivity index (χ0) is 26.7. The molecule has 0 radical (unpaired) electrons. The maximum Gasteiger partial charge on any atom is 0.306 e. The fraction of sp³-hybridized carbons (Fsp3) is 0.935. The van der Waals surface area contributed by atoms with E-state index in [2.05, 4.69) is 13.8 Å². The molecule has 0 saturated carbocycles. The molecule has 2 aliphatic rings. The molecular weight excluding hydrogens is 468 g/mol. The van der Waals surface area contributed by atoms with Crippen LogP contribution in [0.5, 0.6) is 0 Å². The van der Waals surface area contributed by atoms with E-state index in [1.54, 1.807) is 6.92 Å². The highest BCUT2D eigenvalue weighted by Crippen LogP contribution is 2.32. The van der Waals surface area contributed by atoms with Gasteiger partial charge in [-0.25, -0.2) is 0 Å². The van der Waals surface area contributed by atoms with Gasteiger partial charge < -0.3 is 18.9 Å². The van der Waals surface area contributed by atoms with Gasteiger partial charge in [0.05, 0.1) is 24.4 Å². The number of unbranched alkanes of at least 4 members (excludes halogenated alkanes) is 10. The summed E-state index contributed by atoms with van der Waals surface area (Å²) >= 11 is 0. The molecule has 37 heavy (non-hydrogen) atoms. The van der Waals surface area contributed by atoms with Gasteiger partial charge in [-0.2, -0.15) is 0 Å². The minimum atomic E-state index is -0.404. The van der Waals surface area contributed by atoms with Gasteiger partial charge in [0.25, 0.3) is 0 Å². The Morgan fingerprint density at radius 3 is 1.46 bits per heavy atom. The highest BCUT2D eigenvalue weighted by Gasteiger charge is 2.37. The van der Waals surface area contributed by atoms with Crippen LogP contribution in [0.4, 0.5) is 0 Å². The molecule has 2 rings (SSSR count). The van der Waals surface area contributed by atoms with Crippen LogP contribution in [0.2, 0.25) is 0 Å². The largest absolute Gasteiger partial charge is 0.462 e. The van der Waals surface area contributed by atoms with Gasteiger partial charge in [-0.3, -0.25) is 9.59 Å². The van der Waals surface area contributed by atoms with Gasteiger partial charge in [0.2, 0.25) is 0 Å². The molecule has 0 aliphatic carbocycles. The number of epoxide rings is 2. The molecule has 0 spiro atoms. The molecule has 216 valence electrons. The van der Waals surface area contributed by atoms with Crippen LogP contribution >= 0.6 is 0 Å². The lowest BCUT2D eigenvalue weighted by molar-refractivity contribution is -0.158. The Bertz CT molecular complexity index is 609. The Hall–Kier alpha value is -1.14. The average molecular weight is 525 g/mol. The normalized spacial score (nSPS) is 23.0. The van der Waals surface area contributed by atoms with Crippen molar-refractivity contribution in [2.45, 2.75) is 180 Å². The number of esters is 2. The second-order valence-corrected chi connectivity index (χ2v) is 11.3. The molecule has 0 aromatic heterocycles. The summed E-state index contributed by atoms with van der Waals surface area (Å²) in [6.45, 7) is 6.39. The van der Waals surface area contributed by atoms with Crippen molar-refractivity contribution in [1.29, 1.82) is 0 Å². The number of hydrogen-bond donors (Lipinski definition) is 0. The molecule has 2 aliphatic heterocycles. The van der Waals surface area contributed by atoms with Crippen LogP contribution in [0.3, 0.4) is 0 Å². The maximum atomic E-state index is 12.1. The first-order valence-electron chi connectivity index (χ1n) is 15.7. The van der Waals surface area contributed by atoms with E-state index >= 15 is 0 Å². The van der Waals surface area contributed by atoms with E-state index in [1.807, 2.05) is 0 Å². The average Bonchev–Trinajstić information content (AvgIpc) is 3.80. The minimum absolute atomic E-state index is 0.131. The molecule has 6 heteroatoms. The van der Waals surface area contributed by atoms with Crippen LogP contribution in [-0.2, 0) is 28.5 Å². The lowest BCUT2D eigenvalue weighted by Gasteiger charge is -2.13. The Balaban J connectivity index is 1.34. The van der Waals surface area contributed by atoms with E-state index in [0.29, 0.717) is 37.3 Å². The van der Waals surface area contributed by atoms with Gasteiger partial charge in [0, 0.05) is 12.8 Å². The van der Waals surface area contributed by atoms with Crippen LogP contribution in [0.25, 0.3) is 0 Å². The van der Waals surface area contributed by atoms with Crippen LogP contribution in [0.15, 0.2) is 0 Å². The summed E-state index contributed by atoms with van der Waals surface area (Å²) in [5.74, 6) is -0.423. The summed E-state index contributed by atoms with van der Waals surface area (Å²) in [7, 11) is 0. The summed E-state index contributed by atoms with van der Waals surface area (Å²) in [5.41, 5.74) is 0. The third-order valence-corrected chi connectivity index (χ3v) is 7.61. The maximum absolute atomic E-state index is 12.1. The molecule has 2 heterocycles. The summed E-state index contributed by atoms with van der Waals surface area (Å²) in [4.78, 5) is 24.1. The van der Waals surface area contributed by atoms with Crippen molar-refractivity contribution < 1.29 is 28.5 Å². The zero-order valence-electron chi connectivity index (χ0n) is 24.2. The fourth-order valence-corrected chi connectivity index (χ4v) is 5.10. The molecular formula is C31H56O6. The van der Waals surface area contributed by atoms with E-state index < -0.39 is 6.10 Å². The number of ether oxygens (including phenoxy) is 4. The monoisotopic (exact) mass is 524 g/mol. The fourth-order valence-electron chi connectivity index (χ4n) is 5.10. The van der Waals surface area contributed by atoms with Crippen LogP contribution in [-0.4, -0.2) is 49.1 Å². The van der Waals surface area contributed by atoms with Gasteiger partial charge in [0.15, 0.2) is 0 Å². The van der Waals surface area contributed by atoms with E-state index in [4.69, 9.17) is 18.9 Å². The number of rotatable bonds is 25. The predicted molar refractivity (Wildman–Crippen MR) is 148 cm³/mol. The molecule has 2 saturated heterocycles. The van der Waals surface area contributed by atoms with Crippen molar-refractivity contribution in [3.05, 3.63) is 0 Å². The molecule has 0 amide bonds. The van der Waals surface area contributed by atoms with Crippen LogP contribution < -0.4 is 0 Å². The zero-order valence-corrected chi connectivity index (χ0v) is 24.2. The molecule has 0 N–H and O–H groups in total. The molecule has 5 atom stereocenters. The summed E-state index contributed by atoms with van der Waals surface area (Å²) in [5, 5.41) is 0. The summed E-state index contributed by atoms with van der Waals surface area (Å²) in [6, 6.07) is 0. The highest BCUT2D eigenvalue weighted by molar-refractivity contribution is 5.70. The van der Waals surface area contributed by atoms with Crippen molar-refractivity contribution in [3.8, 4) is 0 Å². The van der Waals surface area contributed by atoms with Gasteiger partial charge in [-0.15, -0.1) is 0 Å². The number of carbonyl (C=O) groups is 2. The summed E-state index contributed by atoms with van der Waals surface area (Å²) in [6.07, 6.45) is 23.3. The second-order valence-electron chi connectivity index (χ2n) is 11.3. The minimum Gasteiger partial charge on any atom is -0.462 e. The Kier molecular flexibility index (Phi) is 17.2. The van der Waals surface area contributed by atoms with Crippen LogP contribution in [0.1, 0.15) is 149 Å². The standard InChI is InChI=1S/C31H56O6/c1-4-6-8-10-12-18-26-28(36-26)20-14-16-22-30(32)34-24-25(3)35-31(33)23-17-15-21-29-27(37-29)19-13-11-9-7-5-2/h25-29H,4-24H2,1-3H3. The van der Waals surface area contributed by atoms with E-state index in [9.17, 15) is 9.59 Å². The quantitative estimate of drug-likeness (QED) is 0.0688. The van der Waals surface area contributed by atoms with Gasteiger partial charge >= 0.3 is 11.9 Å². The van der Waals surface area contributed by atoms with Crippen molar-refractivity contribution in [2.24, 2.45) is 0 Å². The summed E-state index contributed by atoms with van der Waals surface area (Å²) < 4.78 is 22.2. The molecule has 0 bridgehead atoms. The van der Waals surface area contributed by atoms with Gasteiger partial charge in [-0.1, -0.05) is 90.9 Å². The molecule has 0 aromatic rings.